The van der Waals surface area contributed by atoms with Crippen molar-refractivity contribution in [3.8, 4) is 17.6 Å². The van der Waals surface area contributed by atoms with E-state index in [0.717, 1.165) is 32.2 Å². The van der Waals surface area contributed by atoms with Gasteiger partial charge in [0, 0.05) is 4.47 Å². The lowest BCUT2D eigenvalue weighted by Crippen LogP contribution is -1.99. The Kier molecular flexibility index (Phi) is 6.29. The van der Waals surface area contributed by atoms with E-state index in [0.29, 0.717) is 29.5 Å². The van der Waals surface area contributed by atoms with E-state index < -0.39 is 0 Å². The third-order valence-corrected chi connectivity index (χ3v) is 5.76. The molecule has 0 aliphatic carbocycles. The predicted molar refractivity (Wildman–Crippen MR) is 131 cm³/mol. The first-order chi connectivity index (χ1) is 15.5. The van der Waals surface area contributed by atoms with Gasteiger partial charge in [0.05, 0.1) is 23.7 Å². The summed E-state index contributed by atoms with van der Waals surface area (Å²) in [7, 11) is 1.60. The first-order valence-electron chi connectivity index (χ1n) is 10.1. The lowest BCUT2D eigenvalue weighted by atomic mass is 10.1. The maximum absolute atomic E-state index is 9.78. The van der Waals surface area contributed by atoms with Crippen molar-refractivity contribution < 1.29 is 9.47 Å². The molecule has 1 heterocycles. The fraction of sp³-hybridized carbons (Fsp3) is 0.154. The molecular formula is C26H22BrN3O2. The Morgan fingerprint density at radius 3 is 2.66 bits per heavy atom. The molecule has 0 atom stereocenters. The highest BCUT2D eigenvalue weighted by molar-refractivity contribution is 9.10. The largest absolute Gasteiger partial charge is 0.493 e. The Labute approximate surface area is 195 Å². The van der Waals surface area contributed by atoms with Crippen LogP contribution in [0.1, 0.15) is 28.1 Å². The summed E-state index contributed by atoms with van der Waals surface area (Å²) in [6.45, 7) is 4.51. The summed E-state index contributed by atoms with van der Waals surface area (Å²) in [6.07, 6.45) is 1.78. The summed E-state index contributed by atoms with van der Waals surface area (Å²) in [6, 6.07) is 20.1. The molecule has 160 valence electrons. The number of aromatic amines is 1. The summed E-state index contributed by atoms with van der Waals surface area (Å²) >= 11 is 3.60. The van der Waals surface area contributed by atoms with Gasteiger partial charge >= 0.3 is 0 Å². The number of fused-ring (bicyclic) bond motifs is 1. The van der Waals surface area contributed by atoms with Gasteiger partial charge in [0.1, 0.15) is 18.5 Å². The van der Waals surface area contributed by atoms with Gasteiger partial charge in [0.2, 0.25) is 0 Å². The molecule has 0 fully saturated rings. The van der Waals surface area contributed by atoms with E-state index in [9.17, 15) is 5.26 Å². The lowest BCUT2D eigenvalue weighted by molar-refractivity contribution is 0.284. The SMILES string of the molecule is COc1cc(C=C(C#N)c2nc3ccc(C)cc3[nH]2)c(Br)cc1OCc1cccc(C)c1. The average molecular weight is 488 g/mol. The second-order valence-electron chi connectivity index (χ2n) is 7.58. The van der Waals surface area contributed by atoms with Crippen molar-refractivity contribution >= 4 is 38.6 Å². The minimum Gasteiger partial charge on any atom is -0.493 e. The molecule has 1 N–H and O–H groups in total. The van der Waals surface area contributed by atoms with Crippen LogP contribution >= 0.6 is 15.9 Å². The Balaban J connectivity index is 1.64. The maximum atomic E-state index is 9.78. The third kappa shape index (κ3) is 4.68. The summed E-state index contributed by atoms with van der Waals surface area (Å²) < 4.78 is 12.4. The predicted octanol–water partition coefficient (Wildman–Crippen LogP) is 6.59. The van der Waals surface area contributed by atoms with Crippen molar-refractivity contribution in [2.24, 2.45) is 0 Å². The number of H-pyrrole nitrogens is 1. The highest BCUT2D eigenvalue weighted by Gasteiger charge is 2.13. The highest BCUT2D eigenvalue weighted by Crippen LogP contribution is 2.36. The molecule has 0 amide bonds. The molecule has 4 rings (SSSR count). The van der Waals surface area contributed by atoms with E-state index in [4.69, 9.17) is 9.47 Å². The molecule has 6 heteroatoms. The molecule has 0 bridgehead atoms. The zero-order valence-electron chi connectivity index (χ0n) is 18.1. The first-order valence-corrected chi connectivity index (χ1v) is 10.9. The number of nitrogens with one attached hydrogen (secondary N) is 1. The van der Waals surface area contributed by atoms with Crippen molar-refractivity contribution in [2.75, 3.05) is 7.11 Å². The number of nitriles is 1. The Bertz CT molecular complexity index is 1370. The topological polar surface area (TPSA) is 70.9 Å². The number of benzene rings is 3. The number of rotatable bonds is 6. The van der Waals surface area contributed by atoms with E-state index in [2.05, 4.69) is 51.0 Å². The minimum absolute atomic E-state index is 0.426. The number of ether oxygens (including phenoxy) is 2. The average Bonchev–Trinajstić information content (AvgIpc) is 3.20. The lowest BCUT2D eigenvalue weighted by Gasteiger charge is -2.13. The number of hydrogen-bond acceptors (Lipinski definition) is 4. The normalized spacial score (nSPS) is 11.4. The third-order valence-electron chi connectivity index (χ3n) is 5.07. The van der Waals surface area contributed by atoms with Crippen molar-refractivity contribution in [2.45, 2.75) is 20.5 Å². The number of halogens is 1. The Hall–Kier alpha value is -3.56. The number of imidazole rings is 1. The van der Waals surface area contributed by atoms with Gasteiger partial charge in [-0.05, 0) is 60.9 Å². The van der Waals surface area contributed by atoms with Crippen LogP contribution in [0.4, 0.5) is 0 Å². The zero-order chi connectivity index (χ0) is 22.7. The molecule has 0 aliphatic heterocycles. The second-order valence-corrected chi connectivity index (χ2v) is 8.43. The van der Waals surface area contributed by atoms with Crippen molar-refractivity contribution in [1.29, 1.82) is 5.26 Å². The van der Waals surface area contributed by atoms with Crippen LogP contribution in [0.5, 0.6) is 11.5 Å². The number of nitrogens with zero attached hydrogens (tertiary/aromatic N) is 2. The van der Waals surface area contributed by atoms with Crippen LogP contribution in [0.2, 0.25) is 0 Å². The molecule has 5 nitrogen and oxygen atoms in total. The van der Waals surface area contributed by atoms with Crippen molar-refractivity contribution in [1.82, 2.24) is 9.97 Å². The molecule has 0 aliphatic rings. The van der Waals surface area contributed by atoms with Gasteiger partial charge in [0.25, 0.3) is 0 Å². The fourth-order valence-corrected chi connectivity index (χ4v) is 3.89. The van der Waals surface area contributed by atoms with Crippen LogP contribution in [0.3, 0.4) is 0 Å². The monoisotopic (exact) mass is 487 g/mol. The van der Waals surface area contributed by atoms with E-state index in [1.807, 2.05) is 49.4 Å². The molecule has 0 saturated carbocycles. The van der Waals surface area contributed by atoms with Crippen molar-refractivity contribution in [3.63, 3.8) is 0 Å². The number of aromatic nitrogens is 2. The van der Waals surface area contributed by atoms with Crippen LogP contribution < -0.4 is 9.47 Å². The van der Waals surface area contributed by atoms with E-state index in [1.54, 1.807) is 13.2 Å². The molecule has 4 aromatic rings. The van der Waals surface area contributed by atoms with Gasteiger partial charge in [-0.2, -0.15) is 5.26 Å². The van der Waals surface area contributed by atoms with Gasteiger partial charge in [-0.1, -0.05) is 51.8 Å². The zero-order valence-corrected chi connectivity index (χ0v) is 19.7. The highest BCUT2D eigenvalue weighted by atomic mass is 79.9. The first kappa shape index (κ1) is 21.7. The summed E-state index contributed by atoms with van der Waals surface area (Å²) in [5.41, 5.74) is 6.33. The number of methoxy groups -OCH3 is 1. The molecular weight excluding hydrogens is 466 g/mol. The quantitative estimate of drug-likeness (QED) is 0.311. The standard InChI is InChI=1S/C26H22BrN3O2/c1-16-5-4-6-18(9-16)15-32-25-13-21(27)19(12-24(25)31-3)11-20(14-28)26-29-22-8-7-17(2)10-23(22)30-26/h4-13H,15H2,1-3H3,(H,29,30). The summed E-state index contributed by atoms with van der Waals surface area (Å²) in [5.74, 6) is 1.74. The van der Waals surface area contributed by atoms with Gasteiger partial charge in [-0.25, -0.2) is 4.98 Å². The molecule has 0 spiro atoms. The summed E-state index contributed by atoms with van der Waals surface area (Å²) in [5, 5.41) is 9.78. The van der Waals surface area contributed by atoms with Crippen LogP contribution in [0.25, 0.3) is 22.7 Å². The molecule has 32 heavy (non-hydrogen) atoms. The van der Waals surface area contributed by atoms with Gasteiger partial charge in [-0.15, -0.1) is 0 Å². The molecule has 3 aromatic carbocycles. The van der Waals surface area contributed by atoms with E-state index in [1.165, 1.54) is 5.56 Å². The number of hydrogen-bond donors (Lipinski definition) is 1. The van der Waals surface area contributed by atoms with Gasteiger partial charge < -0.3 is 14.5 Å². The van der Waals surface area contributed by atoms with Crippen LogP contribution in [0, 0.1) is 25.2 Å². The minimum atomic E-state index is 0.426. The smallest absolute Gasteiger partial charge is 0.162 e. The van der Waals surface area contributed by atoms with E-state index in [-0.39, 0.29) is 0 Å². The number of allylic oxidation sites excluding steroid dienone is 1. The van der Waals surface area contributed by atoms with Gasteiger partial charge in [-0.3, -0.25) is 0 Å². The molecule has 1 aromatic heterocycles. The van der Waals surface area contributed by atoms with E-state index >= 15 is 0 Å². The van der Waals surface area contributed by atoms with Crippen LogP contribution in [-0.4, -0.2) is 17.1 Å². The maximum Gasteiger partial charge on any atom is 0.162 e. The summed E-state index contributed by atoms with van der Waals surface area (Å²) in [4.78, 5) is 7.80. The molecule has 0 unspecified atom stereocenters. The van der Waals surface area contributed by atoms with Crippen LogP contribution in [0.15, 0.2) is 59.1 Å². The fourth-order valence-electron chi connectivity index (χ4n) is 3.46. The van der Waals surface area contributed by atoms with Crippen molar-refractivity contribution in [3.05, 3.63) is 87.1 Å². The Morgan fingerprint density at radius 1 is 1.09 bits per heavy atom. The number of aryl methyl sites for hydroxylation is 2. The Morgan fingerprint density at radius 2 is 1.91 bits per heavy atom. The molecule has 0 radical (unpaired) electrons. The van der Waals surface area contributed by atoms with Gasteiger partial charge in [0.15, 0.2) is 11.5 Å². The molecule has 0 saturated heterocycles. The van der Waals surface area contributed by atoms with Crippen LogP contribution in [-0.2, 0) is 6.61 Å². The second kappa shape index (κ2) is 9.29.